The molecule has 2 aliphatic heterocycles. The second-order valence-corrected chi connectivity index (χ2v) is 10.3. The maximum Gasteiger partial charge on any atom is 0.534 e. The van der Waals surface area contributed by atoms with Crippen molar-refractivity contribution in [2.75, 3.05) is 0 Å². The molecule has 0 saturated heterocycles. The van der Waals surface area contributed by atoms with Crippen LogP contribution in [0.2, 0.25) is 0 Å². The fourth-order valence-electron chi connectivity index (χ4n) is 3.66. The highest BCUT2D eigenvalue weighted by molar-refractivity contribution is 7.88. The van der Waals surface area contributed by atoms with Crippen LogP contribution >= 0.6 is 0 Å². The lowest BCUT2D eigenvalue weighted by atomic mass is 9.82. The summed E-state index contributed by atoms with van der Waals surface area (Å²) >= 11 is 0. The van der Waals surface area contributed by atoms with Gasteiger partial charge in [-0.2, -0.15) is 43.2 Å². The lowest BCUT2D eigenvalue weighted by molar-refractivity contribution is -0.0504. The number of hydrogen-bond donors (Lipinski definition) is 0. The van der Waals surface area contributed by atoms with Gasteiger partial charge < -0.3 is 13.1 Å². The van der Waals surface area contributed by atoms with Crippen LogP contribution in [0.1, 0.15) is 34.5 Å². The zero-order chi connectivity index (χ0) is 24.4. The molecule has 0 aliphatic carbocycles. The first-order valence-corrected chi connectivity index (χ1v) is 11.8. The third-order valence-electron chi connectivity index (χ3n) is 5.04. The van der Waals surface area contributed by atoms with Gasteiger partial charge in [-0.3, -0.25) is 0 Å². The Morgan fingerprint density at radius 2 is 1.06 bits per heavy atom. The Kier molecular flexibility index (Phi) is 5.37. The molecule has 0 saturated carbocycles. The van der Waals surface area contributed by atoms with Crippen molar-refractivity contribution < 1.29 is 56.3 Å². The largest absolute Gasteiger partial charge is 0.534 e. The van der Waals surface area contributed by atoms with E-state index >= 15 is 0 Å². The van der Waals surface area contributed by atoms with E-state index in [9.17, 15) is 43.2 Å². The number of fused-ring (bicyclic) bond motifs is 6. The Hall–Kier alpha value is -2.52. The van der Waals surface area contributed by atoms with E-state index in [4.69, 9.17) is 4.74 Å². The molecule has 0 amide bonds. The molecule has 0 aromatic heterocycles. The van der Waals surface area contributed by atoms with E-state index in [0.29, 0.717) is 22.3 Å². The molecular weight excluding hydrogens is 506 g/mol. The van der Waals surface area contributed by atoms with Gasteiger partial charge in [-0.25, -0.2) is 0 Å². The molecule has 0 fully saturated rings. The van der Waals surface area contributed by atoms with Crippen molar-refractivity contribution in [2.24, 2.45) is 0 Å². The van der Waals surface area contributed by atoms with E-state index in [0.717, 1.165) is 24.3 Å². The van der Waals surface area contributed by atoms with E-state index in [2.05, 4.69) is 8.37 Å². The van der Waals surface area contributed by atoms with Crippen molar-refractivity contribution >= 4 is 20.2 Å². The highest BCUT2D eigenvalue weighted by Crippen LogP contribution is 2.46. The minimum Gasteiger partial charge on any atom is -0.376 e. The van der Waals surface area contributed by atoms with Crippen LogP contribution in [0.4, 0.5) is 26.3 Å². The first kappa shape index (κ1) is 23.6. The second-order valence-electron chi connectivity index (χ2n) is 7.21. The van der Waals surface area contributed by atoms with Crippen LogP contribution in [0.15, 0.2) is 36.4 Å². The van der Waals surface area contributed by atoms with Crippen LogP contribution in [0, 0.1) is 0 Å². The van der Waals surface area contributed by atoms with Gasteiger partial charge in [0.05, 0.1) is 12.2 Å². The van der Waals surface area contributed by atoms with Crippen LogP contribution in [0.5, 0.6) is 11.5 Å². The molecule has 2 atom stereocenters. The molecule has 0 radical (unpaired) electrons. The number of hydrogen-bond acceptors (Lipinski definition) is 7. The van der Waals surface area contributed by atoms with Crippen molar-refractivity contribution in [1.82, 2.24) is 0 Å². The summed E-state index contributed by atoms with van der Waals surface area (Å²) in [6.45, 7) is 0. The van der Waals surface area contributed by atoms with Crippen LogP contribution in [-0.4, -0.2) is 27.9 Å². The molecule has 2 aliphatic rings. The lowest BCUT2D eigenvalue weighted by Crippen LogP contribution is -2.30. The summed E-state index contributed by atoms with van der Waals surface area (Å²) in [4.78, 5) is 0. The maximum atomic E-state index is 12.6. The van der Waals surface area contributed by atoms with Crippen molar-refractivity contribution in [3.63, 3.8) is 0 Å². The number of alkyl halides is 6. The molecule has 4 rings (SSSR count). The van der Waals surface area contributed by atoms with E-state index < -0.39 is 55.0 Å². The summed E-state index contributed by atoms with van der Waals surface area (Å²) in [5.74, 6) is -1.07. The highest BCUT2D eigenvalue weighted by Gasteiger charge is 2.49. The van der Waals surface area contributed by atoms with Gasteiger partial charge in [-0.1, -0.05) is 12.1 Å². The summed E-state index contributed by atoms with van der Waals surface area (Å²) in [5.41, 5.74) is -9.22. The first-order valence-electron chi connectivity index (χ1n) is 9.00. The normalized spacial score (nSPS) is 20.5. The van der Waals surface area contributed by atoms with E-state index in [-0.39, 0.29) is 12.8 Å². The second kappa shape index (κ2) is 7.50. The summed E-state index contributed by atoms with van der Waals surface area (Å²) in [7, 11) is -11.7. The van der Waals surface area contributed by atoms with Crippen molar-refractivity contribution in [3.05, 3.63) is 58.7 Å². The molecule has 0 spiro atoms. The summed E-state index contributed by atoms with van der Waals surface area (Å²) < 4.78 is 135. The van der Waals surface area contributed by atoms with Crippen LogP contribution in [0.3, 0.4) is 0 Å². The van der Waals surface area contributed by atoms with Crippen molar-refractivity contribution in [1.29, 1.82) is 0 Å². The Bertz CT molecular complexity index is 1220. The molecule has 2 unspecified atom stereocenters. The van der Waals surface area contributed by atoms with Gasteiger partial charge in [0.25, 0.3) is 0 Å². The van der Waals surface area contributed by atoms with Gasteiger partial charge in [-0.15, -0.1) is 0 Å². The van der Waals surface area contributed by atoms with E-state index in [1.807, 2.05) is 0 Å². The van der Waals surface area contributed by atoms with E-state index in [1.54, 1.807) is 0 Å². The summed E-state index contributed by atoms with van der Waals surface area (Å²) in [5, 5.41) is 0. The lowest BCUT2D eigenvalue weighted by Gasteiger charge is -2.38. The van der Waals surface area contributed by atoms with Crippen molar-refractivity contribution in [2.45, 2.75) is 36.1 Å². The third kappa shape index (κ3) is 4.36. The molecule has 0 N–H and O–H groups in total. The van der Waals surface area contributed by atoms with Gasteiger partial charge in [-0.05, 0) is 46.5 Å². The number of ether oxygens (including phenoxy) is 1. The smallest absolute Gasteiger partial charge is 0.376 e. The van der Waals surface area contributed by atoms with Gasteiger partial charge >= 0.3 is 31.3 Å². The molecule has 2 aromatic rings. The third-order valence-corrected chi connectivity index (χ3v) is 7.00. The Morgan fingerprint density at radius 1 is 0.697 bits per heavy atom. The zero-order valence-corrected chi connectivity index (χ0v) is 17.6. The zero-order valence-electron chi connectivity index (χ0n) is 16.0. The fraction of sp³-hybridized carbons (Fsp3) is 0.333. The molecule has 7 nitrogen and oxygen atoms in total. The topological polar surface area (TPSA) is 96.0 Å². The maximum absolute atomic E-state index is 12.6. The Morgan fingerprint density at radius 3 is 1.39 bits per heavy atom. The van der Waals surface area contributed by atoms with Crippen molar-refractivity contribution in [3.8, 4) is 11.5 Å². The standard InChI is InChI=1S/C18H12F6O7S2/c19-17(20,21)32(25,26)30-11-1-3-13-9(5-11)7-16-14-4-2-12(6-10(14)8-15(13)29-16)31-33(27,28)18(22,23)24/h1-6,15-16H,7-8H2. The highest BCUT2D eigenvalue weighted by atomic mass is 32.2. The molecule has 2 heterocycles. The Balaban J connectivity index is 1.60. The number of benzene rings is 2. The molecule has 33 heavy (non-hydrogen) atoms. The SMILES string of the molecule is O=S(=O)(Oc1ccc2c(c1)CC1OC2Cc2cc(OS(=O)(=O)C(F)(F)F)ccc21)C(F)(F)F. The average Bonchev–Trinajstić information content (AvgIpc) is 2.65. The van der Waals surface area contributed by atoms with Gasteiger partial charge in [0.2, 0.25) is 0 Å². The Labute approximate surface area is 183 Å². The van der Waals surface area contributed by atoms with Gasteiger partial charge in [0.15, 0.2) is 0 Å². The molecule has 180 valence electrons. The minimum atomic E-state index is -5.85. The summed E-state index contributed by atoms with van der Waals surface area (Å²) in [6, 6.07) is 7.01. The van der Waals surface area contributed by atoms with E-state index in [1.165, 1.54) is 12.1 Å². The molecule has 2 bridgehead atoms. The monoisotopic (exact) mass is 518 g/mol. The molecular formula is C18H12F6O7S2. The van der Waals surface area contributed by atoms with Crippen LogP contribution in [-0.2, 0) is 37.8 Å². The van der Waals surface area contributed by atoms with Gasteiger partial charge in [0, 0.05) is 12.8 Å². The minimum absolute atomic E-state index is 0.100. The average molecular weight is 518 g/mol. The summed E-state index contributed by atoms with van der Waals surface area (Å²) in [6.07, 6.45) is -1.12. The van der Waals surface area contributed by atoms with Crippen LogP contribution in [0.25, 0.3) is 0 Å². The number of halogens is 6. The van der Waals surface area contributed by atoms with Crippen LogP contribution < -0.4 is 8.37 Å². The number of rotatable bonds is 4. The molecule has 15 heteroatoms. The first-order chi connectivity index (χ1) is 15.1. The van der Waals surface area contributed by atoms with Gasteiger partial charge in [0.1, 0.15) is 11.5 Å². The predicted octanol–water partition coefficient (Wildman–Crippen LogP) is 4.05. The fourth-order valence-corrected chi connectivity index (χ4v) is 4.56. The molecule has 2 aromatic carbocycles. The predicted molar refractivity (Wildman–Crippen MR) is 98.1 cm³/mol. The quantitative estimate of drug-likeness (QED) is 0.342.